The Morgan fingerprint density at radius 2 is 1.48 bits per heavy atom. The second-order valence-corrected chi connectivity index (χ2v) is 8.84. The van der Waals surface area contributed by atoms with Crippen LogP contribution in [-0.2, 0) is 14.8 Å². The van der Waals surface area contributed by atoms with Gasteiger partial charge < -0.3 is 4.90 Å². The van der Waals surface area contributed by atoms with Gasteiger partial charge in [-0.3, -0.25) is 9.59 Å². The summed E-state index contributed by atoms with van der Waals surface area (Å²) in [5.74, 6) is -0.498. The van der Waals surface area contributed by atoms with E-state index in [4.69, 9.17) is 0 Å². The molecule has 0 spiro atoms. The van der Waals surface area contributed by atoms with E-state index in [1.165, 1.54) is 43.1 Å². The second-order valence-electron chi connectivity index (χ2n) is 6.79. The van der Waals surface area contributed by atoms with E-state index in [0.29, 0.717) is 11.3 Å². The number of benzene rings is 3. The molecule has 29 heavy (non-hydrogen) atoms. The molecule has 0 N–H and O–H groups in total. The molecule has 3 aromatic rings. The van der Waals surface area contributed by atoms with Gasteiger partial charge in [-0.2, -0.15) is 4.31 Å². The molecule has 1 amide bonds. The second kappa shape index (κ2) is 8.14. The van der Waals surface area contributed by atoms with E-state index < -0.39 is 10.0 Å². The van der Waals surface area contributed by atoms with E-state index in [1.807, 2.05) is 42.5 Å². The summed E-state index contributed by atoms with van der Waals surface area (Å²) in [5, 5.41) is 1.91. The summed E-state index contributed by atoms with van der Waals surface area (Å²) in [5.41, 5.74) is 1.14. The van der Waals surface area contributed by atoms with Crippen LogP contribution in [0.3, 0.4) is 0 Å². The van der Waals surface area contributed by atoms with Crippen LogP contribution in [0.2, 0.25) is 0 Å². The average molecular weight is 410 g/mol. The molecule has 0 heterocycles. The fourth-order valence-corrected chi connectivity index (χ4v) is 4.18. The first-order chi connectivity index (χ1) is 13.7. The predicted octanol–water partition coefficient (Wildman–Crippen LogP) is 3.33. The molecule has 0 aliphatic heterocycles. The summed E-state index contributed by atoms with van der Waals surface area (Å²) < 4.78 is 26.6. The molecule has 150 valence electrons. The maximum atomic E-state index is 12.8. The van der Waals surface area contributed by atoms with Crippen LogP contribution in [0.5, 0.6) is 0 Å². The lowest BCUT2D eigenvalue weighted by Gasteiger charge is -2.23. The van der Waals surface area contributed by atoms with Crippen LogP contribution in [0, 0.1) is 0 Å². The summed E-state index contributed by atoms with van der Waals surface area (Å²) in [7, 11) is -0.865. The number of nitrogens with zero attached hydrogens (tertiary/aromatic N) is 2. The Labute approximate surface area is 170 Å². The minimum absolute atomic E-state index is 0.0330. The van der Waals surface area contributed by atoms with Gasteiger partial charge in [0.25, 0.3) is 0 Å². The molecule has 0 atom stereocenters. The molecule has 3 rings (SSSR count). The Hall–Kier alpha value is -3.03. The van der Waals surface area contributed by atoms with Crippen LogP contribution >= 0.6 is 0 Å². The molecule has 0 bridgehead atoms. The maximum Gasteiger partial charge on any atom is 0.243 e. The Morgan fingerprint density at radius 3 is 2.14 bits per heavy atom. The highest BCUT2D eigenvalue weighted by Gasteiger charge is 2.25. The third kappa shape index (κ3) is 4.21. The number of rotatable bonds is 6. The van der Waals surface area contributed by atoms with Crippen LogP contribution in [0.4, 0.5) is 5.69 Å². The van der Waals surface area contributed by atoms with Crippen LogP contribution in [0.25, 0.3) is 10.8 Å². The van der Waals surface area contributed by atoms with Crippen molar-refractivity contribution in [3.05, 3.63) is 72.3 Å². The smallest absolute Gasteiger partial charge is 0.243 e. The summed E-state index contributed by atoms with van der Waals surface area (Å²) >= 11 is 0. The number of Topliss-reactive ketones (excluding diaryl/α,β-unsaturated/α-hetero) is 1. The number of carbonyl (C=O) groups is 2. The van der Waals surface area contributed by atoms with E-state index in [9.17, 15) is 18.0 Å². The minimum Gasteiger partial charge on any atom is -0.314 e. The van der Waals surface area contributed by atoms with E-state index in [0.717, 1.165) is 15.1 Å². The molecule has 0 aliphatic rings. The monoisotopic (exact) mass is 410 g/mol. The van der Waals surface area contributed by atoms with Gasteiger partial charge >= 0.3 is 0 Å². The SMILES string of the molecule is CC(=O)c1ccc(S(=O)(=O)N(C)CC(=O)N(C)c2cccc3ccccc23)cc1. The molecule has 0 saturated heterocycles. The molecule has 0 aromatic heterocycles. The summed E-state index contributed by atoms with van der Waals surface area (Å²) in [6.07, 6.45) is 0. The van der Waals surface area contributed by atoms with E-state index in [1.54, 1.807) is 7.05 Å². The number of carbonyl (C=O) groups excluding carboxylic acids is 2. The molecule has 6 nitrogen and oxygen atoms in total. The largest absolute Gasteiger partial charge is 0.314 e. The number of fused-ring (bicyclic) bond motifs is 1. The number of amides is 1. The highest BCUT2D eigenvalue weighted by molar-refractivity contribution is 7.89. The number of anilines is 1. The van der Waals surface area contributed by atoms with E-state index in [2.05, 4.69) is 0 Å². The first kappa shape index (κ1) is 20.7. The Bertz CT molecular complexity index is 1170. The standard InChI is InChI=1S/C22H22N2O4S/c1-16(25)17-11-13-19(14-12-17)29(27,28)23(2)15-22(26)24(3)21-10-6-8-18-7-4-5-9-20(18)21/h4-14H,15H2,1-3H3. The van der Waals surface area contributed by atoms with Gasteiger partial charge in [0.2, 0.25) is 15.9 Å². The molecular weight excluding hydrogens is 388 g/mol. The van der Waals surface area contributed by atoms with Crippen molar-refractivity contribution in [2.45, 2.75) is 11.8 Å². The predicted molar refractivity (Wildman–Crippen MR) is 114 cm³/mol. The van der Waals surface area contributed by atoms with Gasteiger partial charge in [0.05, 0.1) is 17.1 Å². The number of hydrogen-bond acceptors (Lipinski definition) is 4. The Balaban J connectivity index is 1.81. The van der Waals surface area contributed by atoms with Gasteiger partial charge in [-0.25, -0.2) is 8.42 Å². The van der Waals surface area contributed by atoms with Crippen LogP contribution in [0.1, 0.15) is 17.3 Å². The third-order valence-electron chi connectivity index (χ3n) is 4.83. The average Bonchev–Trinajstić information content (AvgIpc) is 2.72. The number of ketones is 1. The van der Waals surface area contributed by atoms with Crippen molar-refractivity contribution in [3.63, 3.8) is 0 Å². The molecule has 3 aromatic carbocycles. The van der Waals surface area contributed by atoms with Crippen molar-refractivity contribution in [2.24, 2.45) is 0 Å². The van der Waals surface area contributed by atoms with E-state index >= 15 is 0 Å². The Morgan fingerprint density at radius 1 is 0.862 bits per heavy atom. The molecule has 0 saturated carbocycles. The van der Waals surface area contributed by atoms with Crippen molar-refractivity contribution in [3.8, 4) is 0 Å². The number of sulfonamides is 1. The van der Waals surface area contributed by atoms with Crippen LogP contribution in [-0.4, -0.2) is 45.1 Å². The number of hydrogen-bond donors (Lipinski definition) is 0. The molecule has 0 radical (unpaired) electrons. The molecule has 7 heteroatoms. The van der Waals surface area contributed by atoms with Gasteiger partial charge in [-0.1, -0.05) is 48.5 Å². The lowest BCUT2D eigenvalue weighted by molar-refractivity contribution is -0.118. The van der Waals surface area contributed by atoms with Crippen molar-refractivity contribution in [1.29, 1.82) is 0 Å². The maximum absolute atomic E-state index is 12.8. The molecule has 0 unspecified atom stereocenters. The Kier molecular flexibility index (Phi) is 5.81. The van der Waals surface area contributed by atoms with Gasteiger partial charge in [0.15, 0.2) is 5.78 Å². The zero-order chi connectivity index (χ0) is 21.2. The minimum atomic E-state index is -3.86. The quantitative estimate of drug-likeness (QED) is 0.584. The van der Waals surface area contributed by atoms with E-state index in [-0.39, 0.29) is 23.1 Å². The molecule has 0 aliphatic carbocycles. The molecular formula is C22H22N2O4S. The van der Waals surface area contributed by atoms with Gasteiger partial charge in [-0.05, 0) is 30.5 Å². The third-order valence-corrected chi connectivity index (χ3v) is 6.65. The van der Waals surface area contributed by atoms with Crippen molar-refractivity contribution in [1.82, 2.24) is 4.31 Å². The summed E-state index contributed by atoms with van der Waals surface area (Å²) in [6, 6.07) is 19.0. The number of likely N-dealkylation sites (N-methyl/N-ethyl adjacent to an activating group) is 2. The van der Waals surface area contributed by atoms with Crippen molar-refractivity contribution >= 4 is 38.2 Å². The fourth-order valence-electron chi connectivity index (χ4n) is 3.06. The summed E-state index contributed by atoms with van der Waals surface area (Å²) in [4.78, 5) is 25.7. The van der Waals surface area contributed by atoms with Gasteiger partial charge in [-0.15, -0.1) is 0 Å². The highest BCUT2D eigenvalue weighted by Crippen LogP contribution is 2.26. The van der Waals surface area contributed by atoms with Gasteiger partial charge in [0.1, 0.15) is 0 Å². The first-order valence-electron chi connectivity index (χ1n) is 9.03. The topological polar surface area (TPSA) is 74.8 Å². The van der Waals surface area contributed by atoms with Crippen molar-refractivity contribution in [2.75, 3.05) is 25.5 Å². The zero-order valence-corrected chi connectivity index (χ0v) is 17.3. The first-order valence-corrected chi connectivity index (χ1v) is 10.5. The summed E-state index contributed by atoms with van der Waals surface area (Å²) in [6.45, 7) is 1.11. The fraction of sp³-hybridized carbons (Fsp3) is 0.182. The normalized spacial score (nSPS) is 11.6. The van der Waals surface area contributed by atoms with Crippen LogP contribution in [0.15, 0.2) is 71.6 Å². The van der Waals surface area contributed by atoms with Crippen molar-refractivity contribution < 1.29 is 18.0 Å². The van der Waals surface area contributed by atoms with Crippen LogP contribution < -0.4 is 4.90 Å². The van der Waals surface area contributed by atoms with Gasteiger partial charge in [0, 0.05) is 25.0 Å². The lowest BCUT2D eigenvalue weighted by atomic mass is 10.1. The molecule has 0 fully saturated rings. The lowest BCUT2D eigenvalue weighted by Crippen LogP contribution is -2.39. The highest BCUT2D eigenvalue weighted by atomic mass is 32.2. The zero-order valence-electron chi connectivity index (χ0n) is 16.5.